The summed E-state index contributed by atoms with van der Waals surface area (Å²) in [6, 6.07) is 8.18. The lowest BCUT2D eigenvalue weighted by atomic mass is 10.1. The average molecular weight is 246 g/mol. The molecule has 0 aliphatic rings. The molecule has 5 heteroatoms. The van der Waals surface area contributed by atoms with Crippen LogP contribution in [0.15, 0.2) is 24.3 Å². The number of aromatic nitrogens is 4. The summed E-state index contributed by atoms with van der Waals surface area (Å²) in [4.78, 5) is 1.73. The highest BCUT2D eigenvalue weighted by Gasteiger charge is 2.16. The van der Waals surface area contributed by atoms with E-state index in [1.54, 1.807) is 4.80 Å². The zero-order valence-electron chi connectivity index (χ0n) is 10.8. The number of rotatable bonds is 3. The number of hydrogen-bond acceptors (Lipinski definition) is 3. The lowest BCUT2D eigenvalue weighted by Gasteiger charge is -2.12. The van der Waals surface area contributed by atoms with Crippen molar-refractivity contribution < 1.29 is 0 Å². The van der Waals surface area contributed by atoms with Crippen molar-refractivity contribution in [1.29, 1.82) is 0 Å². The minimum Gasteiger partial charge on any atom is -0.167 e. The van der Waals surface area contributed by atoms with Gasteiger partial charge in [-0.1, -0.05) is 43.4 Å². The molecule has 0 fully saturated rings. The Morgan fingerprint density at radius 1 is 1.24 bits per heavy atom. The Labute approximate surface area is 103 Å². The summed E-state index contributed by atoms with van der Waals surface area (Å²) in [6.07, 6.45) is 0.909. The van der Waals surface area contributed by atoms with E-state index in [4.69, 9.17) is 0 Å². The van der Waals surface area contributed by atoms with Crippen molar-refractivity contribution in [2.45, 2.75) is 32.7 Å². The Bertz CT molecular complexity index is 513. The lowest BCUT2D eigenvalue weighted by Crippen LogP contribution is -2.29. The Morgan fingerprint density at radius 2 is 2.00 bits per heavy atom. The summed E-state index contributed by atoms with van der Waals surface area (Å²) in [7, 11) is -1.20. The van der Waals surface area contributed by atoms with E-state index in [2.05, 4.69) is 54.1 Å². The first-order valence-electron chi connectivity index (χ1n) is 5.79. The highest BCUT2D eigenvalue weighted by Crippen LogP contribution is 2.15. The van der Waals surface area contributed by atoms with Gasteiger partial charge in [-0.05, 0) is 18.2 Å². The maximum Gasteiger partial charge on any atom is 0.204 e. The van der Waals surface area contributed by atoms with Crippen molar-refractivity contribution in [2.24, 2.45) is 0 Å². The smallest absolute Gasteiger partial charge is 0.167 e. The fraction of sp³-hybridized carbons (Fsp3) is 0.417. The molecule has 1 heterocycles. The molecule has 0 spiro atoms. The van der Waals surface area contributed by atoms with E-state index in [0.717, 1.165) is 11.7 Å². The van der Waals surface area contributed by atoms with Crippen molar-refractivity contribution in [3.8, 4) is 11.4 Å². The Balaban J connectivity index is 2.24. The van der Waals surface area contributed by atoms with Crippen LogP contribution in [0.3, 0.4) is 0 Å². The summed E-state index contributed by atoms with van der Waals surface area (Å²) in [5, 5.41) is 12.7. The zero-order valence-corrected chi connectivity index (χ0v) is 11.8. The Kier molecular flexibility index (Phi) is 3.10. The van der Waals surface area contributed by atoms with Crippen LogP contribution in [0.5, 0.6) is 0 Å². The molecule has 0 saturated carbocycles. The van der Waals surface area contributed by atoms with Gasteiger partial charge in [0, 0.05) is 5.56 Å². The van der Waals surface area contributed by atoms with Crippen LogP contribution in [0.4, 0.5) is 0 Å². The molecule has 1 aromatic carbocycles. The number of nitrogens with zero attached hydrogens (tertiary/aromatic N) is 4. The molecule has 0 unspecified atom stereocenters. The third-order valence-electron chi connectivity index (χ3n) is 2.34. The Hall–Kier alpha value is -1.49. The van der Waals surface area contributed by atoms with Gasteiger partial charge in [-0.2, -0.15) is 4.80 Å². The van der Waals surface area contributed by atoms with Crippen LogP contribution in [0.25, 0.3) is 11.4 Å². The fourth-order valence-electron chi connectivity index (χ4n) is 1.63. The SMILES string of the molecule is Cc1cccc(-c2nnn(C[Si](C)(C)C)n2)c1. The van der Waals surface area contributed by atoms with Crippen LogP contribution in [0.1, 0.15) is 5.56 Å². The van der Waals surface area contributed by atoms with Gasteiger partial charge in [0.1, 0.15) is 0 Å². The molecule has 4 nitrogen and oxygen atoms in total. The van der Waals surface area contributed by atoms with Crippen LogP contribution >= 0.6 is 0 Å². The lowest BCUT2D eigenvalue weighted by molar-refractivity contribution is 0.600. The number of hydrogen-bond donors (Lipinski definition) is 0. The first kappa shape index (κ1) is 12.0. The van der Waals surface area contributed by atoms with E-state index in [1.807, 2.05) is 12.1 Å². The molecule has 1 aromatic heterocycles. The van der Waals surface area contributed by atoms with Crippen LogP contribution in [0.2, 0.25) is 19.6 Å². The summed E-state index contributed by atoms with van der Waals surface area (Å²) < 4.78 is 0. The van der Waals surface area contributed by atoms with Crippen LogP contribution in [-0.2, 0) is 6.17 Å². The first-order valence-corrected chi connectivity index (χ1v) is 9.50. The molecular weight excluding hydrogens is 228 g/mol. The molecular formula is C12H18N4Si. The standard InChI is InChI=1S/C12H18N4Si/c1-10-6-5-7-11(8-10)12-13-15-16(14-12)9-17(2,3)4/h5-8H,9H2,1-4H3. The third-order valence-corrected chi connectivity index (χ3v) is 3.58. The predicted molar refractivity (Wildman–Crippen MR) is 71.3 cm³/mol. The summed E-state index contributed by atoms with van der Waals surface area (Å²) in [6.45, 7) is 8.95. The van der Waals surface area contributed by atoms with Crippen molar-refractivity contribution >= 4 is 8.07 Å². The molecule has 0 atom stereocenters. The molecule has 0 saturated heterocycles. The maximum absolute atomic E-state index is 4.44. The summed E-state index contributed by atoms with van der Waals surface area (Å²) in [5.41, 5.74) is 2.25. The largest absolute Gasteiger partial charge is 0.204 e. The number of aryl methyl sites for hydroxylation is 1. The summed E-state index contributed by atoms with van der Waals surface area (Å²) >= 11 is 0. The second-order valence-corrected chi connectivity index (χ2v) is 11.0. The van der Waals surface area contributed by atoms with Crippen molar-refractivity contribution in [3.05, 3.63) is 29.8 Å². The molecule has 0 aliphatic carbocycles. The van der Waals surface area contributed by atoms with Crippen LogP contribution in [0, 0.1) is 6.92 Å². The van der Waals surface area contributed by atoms with E-state index < -0.39 is 8.07 Å². The molecule has 2 rings (SSSR count). The second-order valence-electron chi connectivity index (χ2n) is 5.57. The zero-order chi connectivity index (χ0) is 12.5. The van der Waals surface area contributed by atoms with E-state index in [9.17, 15) is 0 Å². The van der Waals surface area contributed by atoms with Gasteiger partial charge in [-0.15, -0.1) is 10.2 Å². The van der Waals surface area contributed by atoms with Gasteiger partial charge in [0.25, 0.3) is 0 Å². The minimum absolute atomic E-state index is 0.715. The molecule has 2 aromatic rings. The van der Waals surface area contributed by atoms with Crippen LogP contribution < -0.4 is 0 Å². The summed E-state index contributed by atoms with van der Waals surface area (Å²) in [5.74, 6) is 0.715. The normalized spacial score (nSPS) is 11.8. The molecule has 0 bridgehead atoms. The van der Waals surface area contributed by atoms with E-state index in [0.29, 0.717) is 5.82 Å². The van der Waals surface area contributed by atoms with Gasteiger partial charge in [0.15, 0.2) is 0 Å². The molecule has 90 valence electrons. The second kappa shape index (κ2) is 4.41. The molecule has 0 amide bonds. The average Bonchev–Trinajstić information content (AvgIpc) is 2.63. The molecule has 0 radical (unpaired) electrons. The van der Waals surface area contributed by atoms with Crippen molar-refractivity contribution in [1.82, 2.24) is 20.2 Å². The van der Waals surface area contributed by atoms with Gasteiger partial charge < -0.3 is 0 Å². The van der Waals surface area contributed by atoms with Gasteiger partial charge >= 0.3 is 0 Å². The number of benzene rings is 1. The van der Waals surface area contributed by atoms with Crippen molar-refractivity contribution in [2.75, 3.05) is 0 Å². The highest BCUT2D eigenvalue weighted by molar-refractivity contribution is 6.74. The van der Waals surface area contributed by atoms with Crippen LogP contribution in [-0.4, -0.2) is 28.3 Å². The predicted octanol–water partition coefficient (Wildman–Crippen LogP) is 2.53. The number of tetrazole rings is 1. The highest BCUT2D eigenvalue weighted by atomic mass is 28.3. The first-order chi connectivity index (χ1) is 7.94. The quantitative estimate of drug-likeness (QED) is 0.782. The van der Waals surface area contributed by atoms with Gasteiger partial charge in [0.05, 0.1) is 14.2 Å². The van der Waals surface area contributed by atoms with Gasteiger partial charge in [-0.3, -0.25) is 0 Å². The van der Waals surface area contributed by atoms with E-state index in [-0.39, 0.29) is 0 Å². The fourth-order valence-corrected chi connectivity index (χ4v) is 2.62. The third kappa shape index (κ3) is 3.23. The molecule has 0 N–H and O–H groups in total. The van der Waals surface area contributed by atoms with E-state index in [1.165, 1.54) is 5.56 Å². The molecule has 17 heavy (non-hydrogen) atoms. The van der Waals surface area contributed by atoms with Gasteiger partial charge in [0.2, 0.25) is 5.82 Å². The van der Waals surface area contributed by atoms with E-state index >= 15 is 0 Å². The maximum atomic E-state index is 4.44. The monoisotopic (exact) mass is 246 g/mol. The van der Waals surface area contributed by atoms with Crippen molar-refractivity contribution in [3.63, 3.8) is 0 Å². The minimum atomic E-state index is -1.20. The molecule has 0 aliphatic heterocycles. The topological polar surface area (TPSA) is 43.6 Å². The Morgan fingerprint density at radius 3 is 2.65 bits per heavy atom. The van der Waals surface area contributed by atoms with Gasteiger partial charge in [-0.25, -0.2) is 0 Å².